The Hall–Kier alpha value is -2.64. The summed E-state index contributed by atoms with van der Waals surface area (Å²) in [6.45, 7) is 4.78. The van der Waals surface area contributed by atoms with Gasteiger partial charge in [-0.2, -0.15) is 10.1 Å². The molecule has 0 aromatic carbocycles. The lowest BCUT2D eigenvalue weighted by molar-refractivity contribution is 0.0745. The molecule has 0 N–H and O–H groups in total. The molecular weight excluding hydrogens is 320 g/mol. The van der Waals surface area contributed by atoms with Crippen molar-refractivity contribution in [2.24, 2.45) is 7.05 Å². The Morgan fingerprint density at radius 3 is 2.72 bits per heavy atom. The second kappa shape index (κ2) is 7.50. The molecule has 134 valence electrons. The van der Waals surface area contributed by atoms with E-state index in [0.29, 0.717) is 38.0 Å². The summed E-state index contributed by atoms with van der Waals surface area (Å²) < 4.78 is 6.95. The third-order valence-electron chi connectivity index (χ3n) is 4.45. The summed E-state index contributed by atoms with van der Waals surface area (Å²) in [5.74, 6) is 1.24. The molecule has 0 unspecified atom stereocenters. The Morgan fingerprint density at radius 1 is 1.28 bits per heavy atom. The number of carbonyl (C=O) groups is 1. The molecule has 2 aromatic rings. The number of piperazine rings is 1. The highest BCUT2D eigenvalue weighted by Gasteiger charge is 2.26. The van der Waals surface area contributed by atoms with Crippen molar-refractivity contribution < 1.29 is 9.53 Å². The van der Waals surface area contributed by atoms with Gasteiger partial charge in [-0.15, -0.1) is 0 Å². The number of aromatic nitrogens is 4. The van der Waals surface area contributed by atoms with Gasteiger partial charge in [-0.25, -0.2) is 4.98 Å². The summed E-state index contributed by atoms with van der Waals surface area (Å²) in [5.41, 5.74) is 1.72. The van der Waals surface area contributed by atoms with Gasteiger partial charge in [0.25, 0.3) is 5.91 Å². The molecular formula is C17H24N6O2. The molecule has 0 saturated carbocycles. The van der Waals surface area contributed by atoms with Crippen molar-refractivity contribution in [2.75, 3.05) is 38.2 Å². The first-order valence-electron chi connectivity index (χ1n) is 8.56. The molecule has 3 heterocycles. The third kappa shape index (κ3) is 3.57. The average Bonchev–Trinajstić information content (AvgIpc) is 3.02. The standard InChI is InChI=1S/C17H24N6O2/c1-4-5-14-13(12-19-21(14)2)16(24)22-8-10-23(11-9-22)17-18-7-6-15(20-17)25-3/h6-7,12H,4-5,8-11H2,1-3H3. The minimum atomic E-state index is 0.0581. The SMILES string of the molecule is CCCc1c(C(=O)N2CCN(c3nccc(OC)n3)CC2)cnn1C. The second-order valence-electron chi connectivity index (χ2n) is 6.06. The quantitative estimate of drug-likeness (QED) is 0.809. The van der Waals surface area contributed by atoms with Gasteiger partial charge in [0.2, 0.25) is 11.8 Å². The van der Waals surface area contributed by atoms with E-state index in [1.807, 2.05) is 11.9 Å². The van der Waals surface area contributed by atoms with Gasteiger partial charge in [0.15, 0.2) is 0 Å². The van der Waals surface area contributed by atoms with Crippen LogP contribution in [0, 0.1) is 0 Å². The normalized spacial score (nSPS) is 14.7. The van der Waals surface area contributed by atoms with Crippen LogP contribution < -0.4 is 9.64 Å². The van der Waals surface area contributed by atoms with Crippen LogP contribution in [-0.4, -0.2) is 63.8 Å². The van der Waals surface area contributed by atoms with Crippen molar-refractivity contribution in [1.29, 1.82) is 0 Å². The highest BCUT2D eigenvalue weighted by atomic mass is 16.5. The molecule has 3 rings (SSSR count). The predicted molar refractivity (Wildman–Crippen MR) is 93.9 cm³/mol. The number of methoxy groups -OCH3 is 1. The highest BCUT2D eigenvalue weighted by molar-refractivity contribution is 5.95. The van der Waals surface area contributed by atoms with Crippen LogP contribution in [0.15, 0.2) is 18.5 Å². The molecule has 1 aliphatic rings. The van der Waals surface area contributed by atoms with E-state index in [1.165, 1.54) is 0 Å². The minimum Gasteiger partial charge on any atom is -0.481 e. The molecule has 1 fully saturated rings. The number of hydrogen-bond donors (Lipinski definition) is 0. The first-order chi connectivity index (χ1) is 12.1. The van der Waals surface area contributed by atoms with Crippen molar-refractivity contribution in [3.8, 4) is 5.88 Å². The largest absolute Gasteiger partial charge is 0.481 e. The molecule has 2 aromatic heterocycles. The molecule has 0 bridgehead atoms. The molecule has 1 amide bonds. The zero-order valence-corrected chi connectivity index (χ0v) is 15.0. The van der Waals surface area contributed by atoms with Gasteiger partial charge in [-0.1, -0.05) is 13.3 Å². The number of ether oxygens (including phenoxy) is 1. The van der Waals surface area contributed by atoms with Crippen LogP contribution in [0.3, 0.4) is 0 Å². The van der Waals surface area contributed by atoms with Gasteiger partial charge >= 0.3 is 0 Å². The van der Waals surface area contributed by atoms with Crippen LogP contribution in [-0.2, 0) is 13.5 Å². The van der Waals surface area contributed by atoms with E-state index in [1.54, 1.807) is 30.3 Å². The second-order valence-corrected chi connectivity index (χ2v) is 6.06. The van der Waals surface area contributed by atoms with Crippen LogP contribution in [0.2, 0.25) is 0 Å². The number of anilines is 1. The van der Waals surface area contributed by atoms with Gasteiger partial charge in [-0.05, 0) is 6.42 Å². The monoisotopic (exact) mass is 344 g/mol. The first-order valence-corrected chi connectivity index (χ1v) is 8.56. The topological polar surface area (TPSA) is 76.4 Å². The fraction of sp³-hybridized carbons (Fsp3) is 0.529. The molecule has 0 spiro atoms. The third-order valence-corrected chi connectivity index (χ3v) is 4.45. The summed E-state index contributed by atoms with van der Waals surface area (Å²) in [6, 6.07) is 1.72. The van der Waals surface area contributed by atoms with E-state index in [9.17, 15) is 4.79 Å². The molecule has 1 aliphatic heterocycles. The Balaban J connectivity index is 1.67. The zero-order valence-electron chi connectivity index (χ0n) is 15.0. The Bertz CT molecular complexity index is 736. The number of amides is 1. The van der Waals surface area contributed by atoms with Crippen LogP contribution in [0.25, 0.3) is 0 Å². The summed E-state index contributed by atoms with van der Waals surface area (Å²) in [4.78, 5) is 25.5. The summed E-state index contributed by atoms with van der Waals surface area (Å²) in [6.07, 6.45) is 5.21. The van der Waals surface area contributed by atoms with E-state index in [0.717, 1.165) is 24.1 Å². The van der Waals surface area contributed by atoms with Crippen LogP contribution in [0.1, 0.15) is 29.4 Å². The van der Waals surface area contributed by atoms with Gasteiger partial charge in [0, 0.05) is 45.5 Å². The number of nitrogens with zero attached hydrogens (tertiary/aromatic N) is 6. The van der Waals surface area contributed by atoms with Crippen molar-refractivity contribution >= 4 is 11.9 Å². The lowest BCUT2D eigenvalue weighted by Gasteiger charge is -2.34. The molecule has 8 heteroatoms. The summed E-state index contributed by atoms with van der Waals surface area (Å²) in [7, 11) is 3.48. The van der Waals surface area contributed by atoms with E-state index < -0.39 is 0 Å². The Morgan fingerprint density at radius 2 is 2.04 bits per heavy atom. The van der Waals surface area contributed by atoms with Crippen LogP contribution in [0.4, 0.5) is 5.95 Å². The van der Waals surface area contributed by atoms with Gasteiger partial charge in [0.05, 0.1) is 24.6 Å². The van der Waals surface area contributed by atoms with Crippen molar-refractivity contribution in [3.63, 3.8) is 0 Å². The molecule has 25 heavy (non-hydrogen) atoms. The maximum Gasteiger partial charge on any atom is 0.257 e. The highest BCUT2D eigenvalue weighted by Crippen LogP contribution is 2.17. The lowest BCUT2D eigenvalue weighted by Crippen LogP contribution is -2.49. The predicted octanol–water partition coefficient (Wildman–Crippen LogP) is 1.13. The zero-order chi connectivity index (χ0) is 17.8. The molecule has 0 atom stereocenters. The molecule has 1 saturated heterocycles. The van der Waals surface area contributed by atoms with E-state index in [4.69, 9.17) is 4.74 Å². The lowest BCUT2D eigenvalue weighted by atomic mass is 10.1. The summed E-state index contributed by atoms with van der Waals surface area (Å²) in [5, 5.41) is 4.26. The average molecular weight is 344 g/mol. The van der Waals surface area contributed by atoms with Crippen LogP contribution in [0.5, 0.6) is 5.88 Å². The van der Waals surface area contributed by atoms with E-state index in [2.05, 4.69) is 26.9 Å². The number of carbonyl (C=O) groups excluding carboxylic acids is 1. The van der Waals surface area contributed by atoms with E-state index >= 15 is 0 Å². The first kappa shape index (κ1) is 17.2. The Labute approximate surface area is 147 Å². The number of rotatable bonds is 5. The minimum absolute atomic E-state index is 0.0581. The maximum absolute atomic E-state index is 12.9. The Kier molecular flexibility index (Phi) is 5.16. The smallest absolute Gasteiger partial charge is 0.257 e. The van der Waals surface area contributed by atoms with Gasteiger partial charge in [-0.3, -0.25) is 9.48 Å². The molecule has 8 nitrogen and oxygen atoms in total. The van der Waals surface area contributed by atoms with Gasteiger partial charge in [0.1, 0.15) is 0 Å². The maximum atomic E-state index is 12.9. The fourth-order valence-electron chi connectivity index (χ4n) is 3.05. The van der Waals surface area contributed by atoms with Crippen molar-refractivity contribution in [3.05, 3.63) is 29.7 Å². The van der Waals surface area contributed by atoms with E-state index in [-0.39, 0.29) is 5.91 Å². The van der Waals surface area contributed by atoms with Crippen molar-refractivity contribution in [2.45, 2.75) is 19.8 Å². The number of hydrogen-bond acceptors (Lipinski definition) is 6. The van der Waals surface area contributed by atoms with Crippen molar-refractivity contribution in [1.82, 2.24) is 24.6 Å². The summed E-state index contributed by atoms with van der Waals surface area (Å²) >= 11 is 0. The molecule has 0 radical (unpaired) electrons. The van der Waals surface area contributed by atoms with Crippen LogP contribution >= 0.6 is 0 Å². The van der Waals surface area contributed by atoms with Gasteiger partial charge < -0.3 is 14.5 Å². The number of aryl methyl sites for hydroxylation is 1. The molecule has 0 aliphatic carbocycles. The fourth-order valence-corrected chi connectivity index (χ4v) is 3.05.